The van der Waals surface area contributed by atoms with E-state index in [1.807, 2.05) is 30.4 Å². The van der Waals surface area contributed by atoms with Crippen LogP contribution in [0.3, 0.4) is 0 Å². The van der Waals surface area contributed by atoms with Crippen molar-refractivity contribution in [2.24, 2.45) is 5.10 Å². The third kappa shape index (κ3) is 7.27. The van der Waals surface area contributed by atoms with E-state index in [-0.39, 0.29) is 5.91 Å². The molecule has 3 N–H and O–H groups in total. The van der Waals surface area contributed by atoms with Crippen molar-refractivity contribution in [3.05, 3.63) is 89.1 Å². The summed E-state index contributed by atoms with van der Waals surface area (Å²) in [6, 6.07) is 14.3. The van der Waals surface area contributed by atoms with Crippen molar-refractivity contribution in [1.29, 1.82) is 0 Å². The first-order valence-electron chi connectivity index (χ1n) is 10.2. The Morgan fingerprint density at radius 1 is 1.12 bits per heavy atom. The molecule has 8 heteroatoms. The number of rotatable bonds is 7. The number of allylic oxidation sites excluding steroid dienone is 3. The van der Waals surface area contributed by atoms with Crippen LogP contribution in [0.25, 0.3) is 0 Å². The van der Waals surface area contributed by atoms with Gasteiger partial charge in [-0.1, -0.05) is 53.9 Å². The van der Waals surface area contributed by atoms with Crippen LogP contribution in [0.4, 0.5) is 10.5 Å². The second-order valence-corrected chi connectivity index (χ2v) is 7.68. The van der Waals surface area contributed by atoms with E-state index in [9.17, 15) is 9.59 Å². The number of hydrogen-bond acceptors (Lipinski definition) is 4. The summed E-state index contributed by atoms with van der Waals surface area (Å²) in [5.74, 6) is 2.16. The number of terminal acetylenes is 1. The summed E-state index contributed by atoms with van der Waals surface area (Å²) in [6.45, 7) is 0.410. The zero-order chi connectivity index (χ0) is 23.6. The number of carbonyl (C=O) groups excluding carboxylic acids is 2. The molecule has 3 rings (SSSR count). The van der Waals surface area contributed by atoms with Crippen LogP contribution in [0.2, 0.25) is 5.02 Å². The van der Waals surface area contributed by atoms with Gasteiger partial charge >= 0.3 is 6.03 Å². The number of benzene rings is 2. The Bertz CT molecular complexity index is 1120. The summed E-state index contributed by atoms with van der Waals surface area (Å²) >= 11 is 5.88. The second-order valence-electron chi connectivity index (χ2n) is 7.25. The van der Waals surface area contributed by atoms with E-state index in [0.29, 0.717) is 34.9 Å². The summed E-state index contributed by atoms with van der Waals surface area (Å²) in [4.78, 5) is 25.7. The van der Waals surface area contributed by atoms with Crippen molar-refractivity contribution >= 4 is 34.9 Å². The van der Waals surface area contributed by atoms with E-state index in [1.165, 1.54) is 0 Å². The van der Waals surface area contributed by atoms with Gasteiger partial charge in [-0.3, -0.25) is 9.80 Å². The van der Waals surface area contributed by atoms with E-state index >= 15 is 0 Å². The van der Waals surface area contributed by atoms with Gasteiger partial charge in [-0.2, -0.15) is 5.10 Å². The number of nitrogens with zero attached hydrogens (tertiary/aromatic N) is 2. The molecule has 3 amide bonds. The van der Waals surface area contributed by atoms with Crippen LogP contribution in [0.15, 0.2) is 83.6 Å². The zero-order valence-electron chi connectivity index (χ0n) is 18.1. The Balaban J connectivity index is 1.67. The molecule has 0 saturated heterocycles. The minimum atomic E-state index is -0.898. The topological polar surface area (TPSA) is 85.8 Å². The maximum Gasteiger partial charge on any atom is 0.320 e. The van der Waals surface area contributed by atoms with Crippen LogP contribution in [0, 0.1) is 12.3 Å². The largest absolute Gasteiger partial charge is 0.324 e. The molecular formula is C25H24ClN5O2. The highest BCUT2D eigenvalue weighted by Crippen LogP contribution is 2.17. The average Bonchev–Trinajstić information content (AvgIpc) is 2.81. The number of carbonyl (C=O) groups is 2. The maximum absolute atomic E-state index is 13.1. The lowest BCUT2D eigenvalue weighted by molar-refractivity contribution is -0.122. The third-order valence-electron chi connectivity index (χ3n) is 4.65. The molecule has 2 aromatic carbocycles. The fourth-order valence-corrected chi connectivity index (χ4v) is 3.21. The van der Waals surface area contributed by atoms with Crippen molar-refractivity contribution < 1.29 is 9.59 Å². The molecular weight excluding hydrogens is 438 g/mol. The molecule has 0 saturated carbocycles. The summed E-state index contributed by atoms with van der Waals surface area (Å²) in [7, 11) is 1.80. The molecule has 0 bridgehead atoms. The van der Waals surface area contributed by atoms with Crippen LogP contribution in [-0.4, -0.2) is 36.3 Å². The fraction of sp³-hybridized carbons (Fsp3) is 0.160. The Morgan fingerprint density at radius 3 is 2.48 bits per heavy atom. The van der Waals surface area contributed by atoms with Crippen molar-refractivity contribution in [1.82, 2.24) is 15.6 Å². The van der Waals surface area contributed by atoms with Crippen LogP contribution >= 0.6 is 11.6 Å². The van der Waals surface area contributed by atoms with E-state index in [2.05, 4.69) is 27.0 Å². The molecule has 1 atom stereocenters. The first kappa shape index (κ1) is 23.6. The number of nitrogens with one attached hydrogen (secondary N) is 3. The molecule has 0 spiro atoms. The summed E-state index contributed by atoms with van der Waals surface area (Å²) < 4.78 is 0. The smallest absolute Gasteiger partial charge is 0.320 e. The lowest BCUT2D eigenvalue weighted by atomic mass is 10.1. The zero-order valence-corrected chi connectivity index (χ0v) is 18.8. The predicted octanol–water partition coefficient (Wildman–Crippen LogP) is 4.08. The molecule has 2 aromatic rings. The van der Waals surface area contributed by atoms with Crippen LogP contribution in [0.1, 0.15) is 18.0 Å². The average molecular weight is 462 g/mol. The van der Waals surface area contributed by atoms with Gasteiger partial charge in [0.1, 0.15) is 6.04 Å². The molecule has 0 radical (unpaired) electrons. The minimum absolute atomic E-state index is 0.367. The predicted molar refractivity (Wildman–Crippen MR) is 132 cm³/mol. The van der Waals surface area contributed by atoms with E-state index in [4.69, 9.17) is 18.0 Å². The molecule has 33 heavy (non-hydrogen) atoms. The summed E-state index contributed by atoms with van der Waals surface area (Å²) in [5, 5.41) is 14.9. The number of urea groups is 1. The number of hydrogen-bond donors (Lipinski definition) is 3. The van der Waals surface area contributed by atoms with E-state index in [1.54, 1.807) is 54.5 Å². The molecule has 168 valence electrons. The van der Waals surface area contributed by atoms with E-state index < -0.39 is 12.1 Å². The third-order valence-corrected chi connectivity index (χ3v) is 4.90. The number of halogens is 1. The maximum atomic E-state index is 13.1. The van der Waals surface area contributed by atoms with Gasteiger partial charge in [0.2, 0.25) is 0 Å². The van der Waals surface area contributed by atoms with Crippen LogP contribution < -0.4 is 16.0 Å². The Morgan fingerprint density at radius 2 is 1.85 bits per heavy atom. The van der Waals surface area contributed by atoms with Crippen molar-refractivity contribution in [3.63, 3.8) is 0 Å². The van der Waals surface area contributed by atoms with Gasteiger partial charge in [0.15, 0.2) is 0 Å². The molecule has 1 unspecified atom stereocenters. The molecule has 7 nitrogen and oxygen atoms in total. The molecule has 1 aliphatic carbocycles. The lowest BCUT2D eigenvalue weighted by Gasteiger charge is -2.20. The molecule has 1 aliphatic rings. The second kappa shape index (κ2) is 11.6. The Kier molecular flexibility index (Phi) is 8.28. The van der Waals surface area contributed by atoms with Crippen molar-refractivity contribution in [2.75, 3.05) is 18.9 Å². The Labute approximate surface area is 198 Å². The SMILES string of the molecule is C#CCN(C)N=C1C=CC(NC(=O)C(NC(=O)Nc2ccc(Cl)cc2)c2ccccc2)=CC1. The summed E-state index contributed by atoms with van der Waals surface area (Å²) in [5.41, 5.74) is 2.66. The normalized spacial score (nSPS) is 14.6. The number of hydrazone groups is 1. The van der Waals surface area contributed by atoms with Gasteiger partial charge in [0.25, 0.3) is 5.91 Å². The minimum Gasteiger partial charge on any atom is -0.324 e. The number of amides is 3. The quantitative estimate of drug-likeness (QED) is 0.429. The highest BCUT2D eigenvalue weighted by atomic mass is 35.5. The van der Waals surface area contributed by atoms with E-state index in [0.717, 1.165) is 5.71 Å². The lowest BCUT2D eigenvalue weighted by Crippen LogP contribution is -2.41. The van der Waals surface area contributed by atoms with Crippen LogP contribution in [0.5, 0.6) is 0 Å². The molecule has 0 aliphatic heterocycles. The molecule has 0 fully saturated rings. The van der Waals surface area contributed by atoms with Gasteiger partial charge < -0.3 is 16.0 Å². The highest BCUT2D eigenvalue weighted by Gasteiger charge is 2.23. The Hall–Kier alpha value is -4.02. The van der Waals surface area contributed by atoms with Gasteiger partial charge in [-0.15, -0.1) is 6.42 Å². The molecule has 0 heterocycles. The van der Waals surface area contributed by atoms with Crippen molar-refractivity contribution in [2.45, 2.75) is 12.5 Å². The standard InChI is InChI=1S/C25H24ClN5O2/c1-3-17-31(2)30-22-15-13-20(14-16-22)27-24(32)23(18-7-5-4-6-8-18)29-25(33)28-21-11-9-19(26)10-12-21/h1,4-15,23H,16-17H2,2H3,(H,27,32)(H2,28,29,33). The number of anilines is 1. The van der Waals surface area contributed by atoms with Gasteiger partial charge in [0, 0.05) is 29.9 Å². The van der Waals surface area contributed by atoms with Gasteiger partial charge in [0.05, 0.1) is 12.3 Å². The molecule has 0 aromatic heterocycles. The first-order valence-corrected chi connectivity index (χ1v) is 10.6. The summed E-state index contributed by atoms with van der Waals surface area (Å²) in [6.07, 6.45) is 11.3. The highest BCUT2D eigenvalue weighted by molar-refractivity contribution is 6.30. The fourth-order valence-electron chi connectivity index (χ4n) is 3.08. The van der Waals surface area contributed by atoms with Crippen molar-refractivity contribution in [3.8, 4) is 12.3 Å². The van der Waals surface area contributed by atoms with Gasteiger partial charge in [-0.25, -0.2) is 4.79 Å². The van der Waals surface area contributed by atoms with Crippen LogP contribution in [-0.2, 0) is 4.79 Å². The monoisotopic (exact) mass is 461 g/mol. The van der Waals surface area contributed by atoms with Gasteiger partial charge in [-0.05, 0) is 42.0 Å². The first-order chi connectivity index (χ1) is 15.9.